The van der Waals surface area contributed by atoms with E-state index >= 15 is 0 Å². The molecule has 0 bridgehead atoms. The van der Waals surface area contributed by atoms with E-state index in [0.29, 0.717) is 0 Å². The summed E-state index contributed by atoms with van der Waals surface area (Å²) in [5, 5.41) is 14.3. The molecule has 1 unspecified atom stereocenters. The maximum Gasteiger partial charge on any atom is 0.160 e. The van der Waals surface area contributed by atoms with Crippen LogP contribution in [0.25, 0.3) is 102 Å². The molecule has 1 atom stereocenters. The quantitative estimate of drug-likeness (QED) is 0.177. The third-order valence-electron chi connectivity index (χ3n) is 13.4. The van der Waals surface area contributed by atoms with Crippen molar-refractivity contribution in [3.05, 3.63) is 211 Å². The topological polar surface area (TPSA) is 46.0 Å². The number of aliphatic imine (C=N–C) groups is 2. The Labute approximate surface area is 371 Å². The lowest BCUT2D eigenvalue weighted by molar-refractivity contribution is 0.383. The number of hydrogen-bond donors (Lipinski definition) is 0. The second-order valence-corrected chi connectivity index (χ2v) is 18.0. The first-order valence-corrected chi connectivity index (χ1v) is 22.5. The number of amidine groups is 2. The average molecular weight is 837 g/mol. The molecule has 0 radical (unpaired) electrons. The summed E-state index contributed by atoms with van der Waals surface area (Å²) in [6.07, 6.45) is -0.257. The second kappa shape index (κ2) is 13.5. The van der Waals surface area contributed by atoms with Gasteiger partial charge in [0.2, 0.25) is 0 Å². The minimum atomic E-state index is -0.257. The Kier molecular flexibility index (Phi) is 7.48. The third kappa shape index (κ3) is 5.17. The van der Waals surface area contributed by atoms with Crippen molar-refractivity contribution in [2.24, 2.45) is 9.98 Å². The van der Waals surface area contributed by atoms with E-state index in [1.54, 1.807) is 0 Å². The summed E-state index contributed by atoms with van der Waals surface area (Å²) in [7, 11) is 2.11. The summed E-state index contributed by atoms with van der Waals surface area (Å²) < 4.78 is 11.7. The van der Waals surface area contributed by atoms with Crippen LogP contribution in [0.15, 0.2) is 209 Å². The molecule has 300 valence electrons. The van der Waals surface area contributed by atoms with Crippen LogP contribution in [0.3, 0.4) is 0 Å². The molecule has 6 heteroatoms. The van der Waals surface area contributed by atoms with Gasteiger partial charge in [-0.05, 0) is 98.5 Å². The van der Waals surface area contributed by atoms with Gasteiger partial charge >= 0.3 is 0 Å². The summed E-state index contributed by atoms with van der Waals surface area (Å²) in [5.41, 5.74) is 8.35. The monoisotopic (exact) mass is 836 g/mol. The molecule has 0 amide bonds. The standard InChI is InChI=1S/C58H36N4OS/c1-61-57(34-13-3-2-4-14-34)59-56(44-21-11-20-43-42-19-9-10-24-52(42)64-55(43)44)60-58(61)40-25-27-41-39(29-40)26-28-51-53(41)54-47(22-12-23-50(54)63-51)62-48-32-37-17-7-5-15-35(37)30-45(48)46-31-36-16-6-8-18-38(36)33-49(46)62/h2-33,57H,1H3. The van der Waals surface area contributed by atoms with Crippen LogP contribution in [0.2, 0.25) is 0 Å². The minimum absolute atomic E-state index is 0.257. The molecule has 0 fully saturated rings. The first kappa shape index (κ1) is 35.5. The predicted octanol–water partition coefficient (Wildman–Crippen LogP) is 15.3. The molecule has 3 aromatic heterocycles. The lowest BCUT2D eigenvalue weighted by Crippen LogP contribution is -2.35. The number of hydrogen-bond acceptors (Lipinski definition) is 5. The average Bonchev–Trinajstić information content (AvgIpc) is 4.02. The summed E-state index contributed by atoms with van der Waals surface area (Å²) in [6.45, 7) is 0. The minimum Gasteiger partial charge on any atom is -0.456 e. The van der Waals surface area contributed by atoms with Gasteiger partial charge < -0.3 is 13.9 Å². The van der Waals surface area contributed by atoms with Gasteiger partial charge in [0.15, 0.2) is 5.84 Å². The number of rotatable bonds is 4. The highest BCUT2D eigenvalue weighted by molar-refractivity contribution is 7.26. The molecule has 13 aromatic rings. The summed E-state index contributed by atoms with van der Waals surface area (Å²) in [5.74, 6) is 1.62. The summed E-state index contributed by atoms with van der Waals surface area (Å²) >= 11 is 1.81. The van der Waals surface area contributed by atoms with Gasteiger partial charge in [-0.25, -0.2) is 9.98 Å². The zero-order valence-corrected chi connectivity index (χ0v) is 35.5. The fraction of sp³-hybridized carbons (Fsp3) is 0.0345. The summed E-state index contributed by atoms with van der Waals surface area (Å²) in [6, 6.07) is 70.0. The molecule has 64 heavy (non-hydrogen) atoms. The predicted molar refractivity (Wildman–Crippen MR) is 270 cm³/mol. The molecule has 0 saturated heterocycles. The number of fused-ring (bicyclic) bond motifs is 13. The molecular weight excluding hydrogens is 801 g/mol. The highest BCUT2D eigenvalue weighted by atomic mass is 32.1. The molecular formula is C58H36N4OS. The van der Waals surface area contributed by atoms with Crippen LogP contribution in [0.1, 0.15) is 22.9 Å². The molecule has 0 aliphatic carbocycles. The van der Waals surface area contributed by atoms with Gasteiger partial charge in [-0.3, -0.25) is 0 Å². The van der Waals surface area contributed by atoms with Crippen molar-refractivity contribution in [1.82, 2.24) is 9.47 Å². The van der Waals surface area contributed by atoms with Gasteiger partial charge in [0.25, 0.3) is 0 Å². The van der Waals surface area contributed by atoms with Crippen molar-refractivity contribution in [1.29, 1.82) is 0 Å². The third-order valence-corrected chi connectivity index (χ3v) is 14.6. The van der Waals surface area contributed by atoms with Gasteiger partial charge in [0.05, 0.1) is 22.1 Å². The Morgan fingerprint density at radius 2 is 1.16 bits per heavy atom. The smallest absolute Gasteiger partial charge is 0.160 e. The van der Waals surface area contributed by atoms with Crippen molar-refractivity contribution < 1.29 is 4.42 Å². The van der Waals surface area contributed by atoms with E-state index in [2.05, 4.69) is 211 Å². The Balaban J connectivity index is 0.984. The Bertz CT molecular complexity index is 4080. The molecule has 1 aliphatic rings. The Morgan fingerprint density at radius 3 is 1.92 bits per heavy atom. The van der Waals surface area contributed by atoms with E-state index in [1.165, 1.54) is 63.5 Å². The van der Waals surface area contributed by atoms with Gasteiger partial charge in [-0.1, -0.05) is 133 Å². The van der Waals surface area contributed by atoms with Crippen molar-refractivity contribution in [2.45, 2.75) is 6.17 Å². The highest BCUT2D eigenvalue weighted by Gasteiger charge is 2.28. The van der Waals surface area contributed by atoms with E-state index < -0.39 is 0 Å². The fourth-order valence-electron chi connectivity index (χ4n) is 10.4. The first-order valence-electron chi connectivity index (χ1n) is 21.7. The van der Waals surface area contributed by atoms with Crippen molar-refractivity contribution >= 4 is 119 Å². The molecule has 0 saturated carbocycles. The molecule has 14 rings (SSSR count). The van der Waals surface area contributed by atoms with Crippen LogP contribution in [0.4, 0.5) is 0 Å². The maximum absolute atomic E-state index is 6.75. The van der Waals surface area contributed by atoms with Crippen LogP contribution < -0.4 is 0 Å². The lowest BCUT2D eigenvalue weighted by atomic mass is 9.99. The van der Waals surface area contributed by atoms with Gasteiger partial charge in [0, 0.05) is 54.5 Å². The van der Waals surface area contributed by atoms with Gasteiger partial charge in [0.1, 0.15) is 23.2 Å². The van der Waals surface area contributed by atoms with Gasteiger partial charge in [-0.15, -0.1) is 11.3 Å². The van der Waals surface area contributed by atoms with E-state index in [0.717, 1.165) is 66.8 Å². The van der Waals surface area contributed by atoms with Crippen LogP contribution in [-0.2, 0) is 0 Å². The Morgan fingerprint density at radius 1 is 0.500 bits per heavy atom. The number of nitrogens with zero attached hydrogens (tertiary/aromatic N) is 4. The second-order valence-electron chi connectivity index (χ2n) is 17.0. The molecule has 4 heterocycles. The zero-order valence-electron chi connectivity index (χ0n) is 34.7. The molecule has 5 nitrogen and oxygen atoms in total. The van der Waals surface area contributed by atoms with Crippen molar-refractivity contribution in [3.8, 4) is 5.69 Å². The summed E-state index contributed by atoms with van der Waals surface area (Å²) in [4.78, 5) is 13.0. The number of thiophene rings is 1. The molecule has 1 aliphatic heterocycles. The van der Waals surface area contributed by atoms with Crippen LogP contribution in [0.5, 0.6) is 0 Å². The van der Waals surface area contributed by atoms with Crippen LogP contribution in [-0.4, -0.2) is 28.2 Å². The maximum atomic E-state index is 6.75. The van der Waals surface area contributed by atoms with Crippen molar-refractivity contribution in [3.63, 3.8) is 0 Å². The van der Waals surface area contributed by atoms with Crippen LogP contribution in [0, 0.1) is 0 Å². The molecule has 10 aromatic carbocycles. The molecule has 0 spiro atoms. The Hall–Kier alpha value is -8.06. The first-order chi connectivity index (χ1) is 31.6. The number of furan rings is 1. The normalized spacial score (nSPS) is 14.6. The highest BCUT2D eigenvalue weighted by Crippen LogP contribution is 2.44. The van der Waals surface area contributed by atoms with E-state index in [9.17, 15) is 0 Å². The van der Waals surface area contributed by atoms with Gasteiger partial charge in [-0.2, -0.15) is 0 Å². The van der Waals surface area contributed by atoms with Crippen molar-refractivity contribution in [2.75, 3.05) is 7.05 Å². The number of aromatic nitrogens is 1. The number of benzene rings is 10. The fourth-order valence-corrected chi connectivity index (χ4v) is 11.6. The molecule has 0 N–H and O–H groups in total. The zero-order chi connectivity index (χ0) is 42.0. The van der Waals surface area contributed by atoms with E-state index in [-0.39, 0.29) is 6.17 Å². The SMILES string of the molecule is CN1C(c2ccc3c(ccc4oc5cccc(-n6c7cc8ccccc8cc7c7cc8ccccc8cc76)c5c43)c2)=NC(c2cccc3c2sc2ccccc23)=NC1c1ccccc1. The van der Waals surface area contributed by atoms with E-state index in [1.807, 2.05) is 11.3 Å². The lowest BCUT2D eigenvalue weighted by Gasteiger charge is -2.32. The van der Waals surface area contributed by atoms with Crippen LogP contribution >= 0.6 is 11.3 Å². The largest absolute Gasteiger partial charge is 0.456 e. The van der Waals surface area contributed by atoms with E-state index in [4.69, 9.17) is 14.4 Å².